The molecule has 4 heteroatoms. The van der Waals surface area contributed by atoms with Crippen molar-refractivity contribution in [2.45, 2.75) is 32.8 Å². The third kappa shape index (κ3) is 2.91. The van der Waals surface area contributed by atoms with E-state index in [1.54, 1.807) is 4.90 Å². The van der Waals surface area contributed by atoms with E-state index >= 15 is 0 Å². The highest BCUT2D eigenvalue weighted by molar-refractivity contribution is 5.67. The molecule has 1 rings (SSSR count). The van der Waals surface area contributed by atoms with Gasteiger partial charge in [0.15, 0.2) is 0 Å². The van der Waals surface area contributed by atoms with Gasteiger partial charge in [0.2, 0.25) is 0 Å². The Labute approximate surface area is 84.4 Å². The van der Waals surface area contributed by atoms with E-state index in [0.717, 1.165) is 12.8 Å². The number of carbonyl (C=O) groups excluding carboxylic acids is 1. The first-order valence-electron chi connectivity index (χ1n) is 4.98. The number of ether oxygens (including phenoxy) is 1. The van der Waals surface area contributed by atoms with Crippen LogP contribution in [0.1, 0.15) is 26.7 Å². The summed E-state index contributed by atoms with van der Waals surface area (Å²) in [5, 5.41) is 8.74. The van der Waals surface area contributed by atoms with Crippen molar-refractivity contribution in [2.75, 3.05) is 13.1 Å². The van der Waals surface area contributed by atoms with Crippen molar-refractivity contribution >= 4 is 6.09 Å². The summed E-state index contributed by atoms with van der Waals surface area (Å²) in [7, 11) is 0. The first kappa shape index (κ1) is 10.8. The Balaban J connectivity index is 2.44. The Bertz CT molecular complexity index is 245. The normalized spacial score (nSPS) is 21.9. The minimum atomic E-state index is -0.292. The maximum absolute atomic E-state index is 11.5. The van der Waals surface area contributed by atoms with Gasteiger partial charge in [0.05, 0.1) is 18.1 Å². The van der Waals surface area contributed by atoms with E-state index < -0.39 is 0 Å². The second-order valence-corrected chi connectivity index (χ2v) is 3.85. The molecule has 0 aromatic carbocycles. The number of nitrogens with zero attached hydrogens (tertiary/aromatic N) is 2. The zero-order valence-corrected chi connectivity index (χ0v) is 8.69. The van der Waals surface area contributed by atoms with Crippen LogP contribution in [0.5, 0.6) is 0 Å². The molecule has 0 aromatic heterocycles. The van der Waals surface area contributed by atoms with Gasteiger partial charge in [-0.25, -0.2) is 4.79 Å². The van der Waals surface area contributed by atoms with Gasteiger partial charge in [0, 0.05) is 13.1 Å². The van der Waals surface area contributed by atoms with E-state index in [4.69, 9.17) is 10.00 Å². The van der Waals surface area contributed by atoms with Gasteiger partial charge in [-0.2, -0.15) is 5.26 Å². The standard InChI is InChI=1S/C10H16N2O2/c1-8(2)14-10(13)12-5-3-4-9(6-11)7-12/h8-9H,3-5,7H2,1-2H3. The molecule has 1 heterocycles. The fraction of sp³-hybridized carbons (Fsp3) is 0.800. The van der Waals surface area contributed by atoms with Gasteiger partial charge in [-0.15, -0.1) is 0 Å². The number of rotatable bonds is 1. The zero-order valence-electron chi connectivity index (χ0n) is 8.69. The van der Waals surface area contributed by atoms with Crippen LogP contribution in [0.15, 0.2) is 0 Å². The largest absolute Gasteiger partial charge is 0.447 e. The monoisotopic (exact) mass is 196 g/mol. The summed E-state index contributed by atoms with van der Waals surface area (Å²) in [4.78, 5) is 13.1. The van der Waals surface area contributed by atoms with Crippen LogP contribution >= 0.6 is 0 Å². The van der Waals surface area contributed by atoms with E-state index in [1.807, 2.05) is 13.8 Å². The molecule has 0 aliphatic carbocycles. The molecule has 1 atom stereocenters. The van der Waals surface area contributed by atoms with Crippen molar-refractivity contribution in [1.29, 1.82) is 5.26 Å². The molecule has 0 saturated carbocycles. The summed E-state index contributed by atoms with van der Waals surface area (Å²) >= 11 is 0. The number of hydrogen-bond acceptors (Lipinski definition) is 3. The highest BCUT2D eigenvalue weighted by Crippen LogP contribution is 2.16. The molecular formula is C10H16N2O2. The second kappa shape index (κ2) is 4.85. The zero-order chi connectivity index (χ0) is 10.6. The average Bonchev–Trinajstić information content (AvgIpc) is 2.17. The summed E-state index contributed by atoms with van der Waals surface area (Å²) in [5.74, 6) is -0.0246. The molecule has 1 amide bonds. The summed E-state index contributed by atoms with van der Waals surface area (Å²) in [5.41, 5.74) is 0. The molecule has 0 bridgehead atoms. The number of hydrogen-bond donors (Lipinski definition) is 0. The lowest BCUT2D eigenvalue weighted by atomic mass is 10.0. The van der Waals surface area contributed by atoms with Crippen molar-refractivity contribution in [3.63, 3.8) is 0 Å². The topological polar surface area (TPSA) is 53.3 Å². The number of likely N-dealkylation sites (tertiary alicyclic amines) is 1. The quantitative estimate of drug-likeness (QED) is 0.642. The molecule has 1 fully saturated rings. The molecule has 1 unspecified atom stereocenters. The van der Waals surface area contributed by atoms with Gasteiger partial charge < -0.3 is 9.64 Å². The molecule has 0 radical (unpaired) electrons. The van der Waals surface area contributed by atoms with Gasteiger partial charge in [-0.05, 0) is 26.7 Å². The predicted molar refractivity (Wildman–Crippen MR) is 51.5 cm³/mol. The van der Waals surface area contributed by atoms with E-state index in [0.29, 0.717) is 13.1 Å². The van der Waals surface area contributed by atoms with E-state index in [-0.39, 0.29) is 18.1 Å². The molecule has 0 aromatic rings. The maximum atomic E-state index is 11.5. The number of amides is 1. The lowest BCUT2D eigenvalue weighted by Crippen LogP contribution is -2.40. The SMILES string of the molecule is CC(C)OC(=O)N1CCCC(C#N)C1. The Hall–Kier alpha value is -1.24. The van der Waals surface area contributed by atoms with Crippen molar-refractivity contribution in [3.05, 3.63) is 0 Å². The molecule has 4 nitrogen and oxygen atoms in total. The third-order valence-electron chi connectivity index (χ3n) is 2.20. The smallest absolute Gasteiger partial charge is 0.410 e. The van der Waals surface area contributed by atoms with Crippen LogP contribution in [0.3, 0.4) is 0 Å². The van der Waals surface area contributed by atoms with Crippen LogP contribution in [0.2, 0.25) is 0 Å². The molecule has 78 valence electrons. The lowest BCUT2D eigenvalue weighted by Gasteiger charge is -2.29. The first-order valence-corrected chi connectivity index (χ1v) is 4.98. The van der Waals surface area contributed by atoms with Crippen LogP contribution in [-0.2, 0) is 4.74 Å². The van der Waals surface area contributed by atoms with Crippen LogP contribution in [0, 0.1) is 17.2 Å². The summed E-state index contributed by atoms with van der Waals surface area (Å²) in [6, 6.07) is 2.19. The number of nitriles is 1. The minimum Gasteiger partial charge on any atom is -0.447 e. The van der Waals surface area contributed by atoms with Crippen molar-refractivity contribution in [3.8, 4) is 6.07 Å². The van der Waals surface area contributed by atoms with Gasteiger partial charge in [-0.1, -0.05) is 0 Å². The Morgan fingerprint density at radius 1 is 1.64 bits per heavy atom. The summed E-state index contributed by atoms with van der Waals surface area (Å²) < 4.78 is 5.06. The molecule has 14 heavy (non-hydrogen) atoms. The molecule has 1 aliphatic rings. The van der Waals surface area contributed by atoms with Crippen LogP contribution in [0.4, 0.5) is 4.79 Å². The fourth-order valence-electron chi connectivity index (χ4n) is 1.52. The van der Waals surface area contributed by atoms with Gasteiger partial charge in [0.25, 0.3) is 0 Å². The van der Waals surface area contributed by atoms with Gasteiger partial charge in [-0.3, -0.25) is 0 Å². The average molecular weight is 196 g/mol. The van der Waals surface area contributed by atoms with Crippen LogP contribution in [0.25, 0.3) is 0 Å². The molecule has 0 spiro atoms. The Morgan fingerprint density at radius 2 is 2.36 bits per heavy atom. The number of carbonyl (C=O) groups is 1. The highest BCUT2D eigenvalue weighted by atomic mass is 16.6. The van der Waals surface area contributed by atoms with Gasteiger partial charge >= 0.3 is 6.09 Å². The van der Waals surface area contributed by atoms with Crippen molar-refractivity contribution < 1.29 is 9.53 Å². The second-order valence-electron chi connectivity index (χ2n) is 3.85. The summed E-state index contributed by atoms with van der Waals surface area (Å²) in [6.45, 7) is 4.87. The maximum Gasteiger partial charge on any atom is 0.410 e. The first-order chi connectivity index (χ1) is 6.63. The van der Waals surface area contributed by atoms with Crippen LogP contribution in [-0.4, -0.2) is 30.2 Å². The van der Waals surface area contributed by atoms with Crippen molar-refractivity contribution in [2.24, 2.45) is 5.92 Å². The fourth-order valence-corrected chi connectivity index (χ4v) is 1.52. The van der Waals surface area contributed by atoms with Gasteiger partial charge in [0.1, 0.15) is 0 Å². The summed E-state index contributed by atoms with van der Waals surface area (Å²) in [6.07, 6.45) is 1.40. The van der Waals surface area contributed by atoms with Crippen molar-refractivity contribution in [1.82, 2.24) is 4.90 Å². The van der Waals surface area contributed by atoms with E-state index in [2.05, 4.69) is 6.07 Å². The number of piperidine rings is 1. The highest BCUT2D eigenvalue weighted by Gasteiger charge is 2.24. The lowest BCUT2D eigenvalue weighted by molar-refractivity contribution is 0.0668. The Kier molecular flexibility index (Phi) is 3.75. The molecular weight excluding hydrogens is 180 g/mol. The Morgan fingerprint density at radius 3 is 2.93 bits per heavy atom. The van der Waals surface area contributed by atoms with E-state index in [9.17, 15) is 4.79 Å². The minimum absolute atomic E-state index is 0.0246. The molecule has 1 aliphatic heterocycles. The third-order valence-corrected chi connectivity index (χ3v) is 2.20. The molecule has 0 N–H and O–H groups in total. The van der Waals surface area contributed by atoms with Crippen LogP contribution < -0.4 is 0 Å². The van der Waals surface area contributed by atoms with E-state index in [1.165, 1.54) is 0 Å². The predicted octanol–water partition coefficient (Wildman–Crippen LogP) is 1.77. The molecule has 1 saturated heterocycles.